The van der Waals surface area contributed by atoms with E-state index in [1.807, 2.05) is 18.2 Å². The molecule has 7 aromatic heterocycles. The Morgan fingerprint density at radius 2 is 1.04 bits per heavy atom. The van der Waals surface area contributed by atoms with Crippen molar-refractivity contribution < 1.29 is 57.1 Å². The van der Waals surface area contributed by atoms with E-state index in [-0.39, 0.29) is 142 Å². The van der Waals surface area contributed by atoms with Crippen molar-refractivity contribution in [3.8, 4) is 65.2 Å². The maximum atomic E-state index is 13.2. The number of nitriles is 6. The molecular formula is C63H63Cl2F2N15O10. The van der Waals surface area contributed by atoms with Crippen molar-refractivity contribution in [2.24, 2.45) is 4.99 Å². The van der Waals surface area contributed by atoms with Gasteiger partial charge in [0.05, 0.1) is 32.2 Å². The number of aromatic nitrogens is 6. The van der Waals surface area contributed by atoms with Crippen LogP contribution in [0, 0.1) is 79.6 Å². The van der Waals surface area contributed by atoms with E-state index in [0.29, 0.717) is 51.9 Å². The number of pyridine rings is 6. The summed E-state index contributed by atoms with van der Waals surface area (Å²) in [5.74, 6) is -1.00. The van der Waals surface area contributed by atoms with Crippen LogP contribution in [0.15, 0.2) is 132 Å². The standard InChI is InChI=1S/C14H8ClFN4O.C13H7ClFN3O.C9H8N2O3.C8H8N2O2.C7H4N2O2.C6H4N2O.6CH4/c15-9-5-7(1-2-10(9)16)20-12-8-3-4-19-11(6-17)13(8)21-14(12)18;14-10-5-9(1-2-11(10)15)18-7-8-3-4-17-12(6-16)13(8)19;1-13-6-14-9-7(5-12)2-3-11-8(9)4-10;1-11-6-12-8-3-2-4-10-7(8)5-9;8-3-6-7(11)5(4-10)1-2-9-6;7-4-5-6(9)2-1-3-8-5;;;;;;/h1-5,20H,18H2;1-5,7,19H;2-3,5H,6H2,1H3;2-4H,6H2,1H3;1-2,4,11H;1-3,9H;6*1H4. The molecule has 0 aliphatic rings. The third-order valence-electron chi connectivity index (χ3n) is 10.0. The summed E-state index contributed by atoms with van der Waals surface area (Å²) in [5.41, 5.74) is 8.63. The van der Waals surface area contributed by atoms with Crippen LogP contribution in [0.5, 0.6) is 28.7 Å². The number of benzene rings is 2. The number of hydrogen-bond acceptors (Lipinski definition) is 25. The predicted octanol–water partition coefficient (Wildman–Crippen LogP) is 13.7. The number of nitrogen functional groups attached to an aromatic ring is 1. The van der Waals surface area contributed by atoms with Crippen molar-refractivity contribution in [1.29, 1.82) is 31.6 Å². The maximum Gasteiger partial charge on any atom is 0.215 e. The van der Waals surface area contributed by atoms with E-state index in [2.05, 4.69) is 49.7 Å². The van der Waals surface area contributed by atoms with Gasteiger partial charge in [0, 0.05) is 68.9 Å². The van der Waals surface area contributed by atoms with Gasteiger partial charge >= 0.3 is 0 Å². The molecule has 9 aromatic rings. The van der Waals surface area contributed by atoms with Gasteiger partial charge in [0.25, 0.3) is 0 Å². The number of nitrogens with zero attached hydrogens (tertiary/aromatic N) is 13. The van der Waals surface area contributed by atoms with Crippen molar-refractivity contribution in [1.82, 2.24) is 29.9 Å². The highest BCUT2D eigenvalue weighted by molar-refractivity contribution is 6.31. The van der Waals surface area contributed by atoms with Gasteiger partial charge < -0.3 is 49.7 Å². The monoisotopic (exact) mass is 1300 g/mol. The lowest BCUT2D eigenvalue weighted by Crippen LogP contribution is -2.04. The van der Waals surface area contributed by atoms with E-state index in [4.69, 9.17) is 84.6 Å². The van der Waals surface area contributed by atoms with E-state index < -0.39 is 11.6 Å². The predicted molar refractivity (Wildman–Crippen MR) is 342 cm³/mol. The van der Waals surface area contributed by atoms with Gasteiger partial charge in [-0.05, 0) is 84.9 Å². The van der Waals surface area contributed by atoms with Crippen molar-refractivity contribution in [2.75, 3.05) is 38.9 Å². The Morgan fingerprint density at radius 1 is 0.576 bits per heavy atom. The number of fused-ring (bicyclic) bond motifs is 1. The highest BCUT2D eigenvalue weighted by atomic mass is 35.5. The SMILES string of the molecule is C.C.C.C.C.C.COCOc1c(C=O)ccnc1C#N.COCOc1cccnc1C#N.N#Cc1nccc(C=Nc2ccc(F)c(Cl)c2)c1O.N#Cc1nccc(C=O)c1O.N#Cc1nccc2c(Nc3ccc(F)c(Cl)c3)c(N)oc12.N#Cc1ncccc1O. The largest absolute Gasteiger partial charge is 0.505 e. The molecule has 0 bridgehead atoms. The molecule has 0 aliphatic carbocycles. The number of nitrogens with two attached hydrogens (primary N) is 1. The molecule has 0 atom stereocenters. The number of aliphatic imine (C=N–C) groups is 1. The second kappa shape index (κ2) is 44.3. The van der Waals surface area contributed by atoms with Crippen LogP contribution in [-0.2, 0) is 9.47 Å². The normalized spacial score (nSPS) is 9.00. The Hall–Kier alpha value is -12.2. The number of carbonyl (C=O) groups excluding carboxylic acids is 2. The zero-order valence-electron chi connectivity index (χ0n) is 44.3. The maximum absolute atomic E-state index is 13.2. The number of furan rings is 1. The summed E-state index contributed by atoms with van der Waals surface area (Å²) in [7, 11) is 2.96. The molecular weight excluding hydrogens is 1240 g/mol. The third-order valence-corrected chi connectivity index (χ3v) is 10.6. The highest BCUT2D eigenvalue weighted by Crippen LogP contribution is 2.37. The fourth-order valence-corrected chi connectivity index (χ4v) is 6.44. The number of ether oxygens (including phenoxy) is 4. The second-order valence-corrected chi connectivity index (χ2v) is 16.3. The first-order chi connectivity index (χ1) is 41.6. The Labute approximate surface area is 540 Å². The molecule has 0 unspecified atom stereocenters. The number of methoxy groups -OCH3 is 2. The zero-order valence-corrected chi connectivity index (χ0v) is 45.8. The van der Waals surface area contributed by atoms with Crippen molar-refractivity contribution in [3.63, 3.8) is 0 Å². The topological polar surface area (TPSA) is 415 Å². The quantitative estimate of drug-likeness (QED) is 0.0431. The van der Waals surface area contributed by atoms with Crippen LogP contribution in [-0.4, -0.2) is 91.8 Å². The first-order valence-corrected chi connectivity index (χ1v) is 24.2. The highest BCUT2D eigenvalue weighted by Gasteiger charge is 2.17. The Balaban J connectivity index is -0.00000104. The molecule has 25 nitrogen and oxygen atoms in total. The minimum absolute atomic E-state index is 0. The Kier molecular flexibility index (Phi) is 40.4. The van der Waals surface area contributed by atoms with Gasteiger partial charge in [-0.2, -0.15) is 31.6 Å². The number of aromatic hydroxyl groups is 3. The summed E-state index contributed by atoms with van der Waals surface area (Å²) in [4.78, 5) is 47.1. The Morgan fingerprint density at radius 3 is 1.57 bits per heavy atom. The minimum Gasteiger partial charge on any atom is -0.505 e. The molecule has 0 radical (unpaired) electrons. The average molecular weight is 1300 g/mol. The molecule has 2 aromatic carbocycles. The molecule has 92 heavy (non-hydrogen) atoms. The van der Waals surface area contributed by atoms with Crippen LogP contribution in [0.3, 0.4) is 0 Å². The van der Waals surface area contributed by atoms with E-state index in [1.54, 1.807) is 42.5 Å². The van der Waals surface area contributed by atoms with E-state index in [9.17, 15) is 23.5 Å². The molecule has 0 aliphatic heterocycles. The summed E-state index contributed by atoms with van der Waals surface area (Å²) in [6.07, 6.45) is 11.0. The van der Waals surface area contributed by atoms with Crippen LogP contribution in [0.25, 0.3) is 11.0 Å². The number of halogens is 4. The van der Waals surface area contributed by atoms with Gasteiger partial charge in [0.15, 0.2) is 94.7 Å². The number of nitrogens with one attached hydrogen (secondary N) is 1. The summed E-state index contributed by atoms with van der Waals surface area (Å²) in [6.45, 7) is 0.0988. The third kappa shape index (κ3) is 24.5. The van der Waals surface area contributed by atoms with E-state index in [0.717, 1.165) is 0 Å². The van der Waals surface area contributed by atoms with Crippen LogP contribution >= 0.6 is 23.2 Å². The van der Waals surface area contributed by atoms with Gasteiger partial charge in [-0.1, -0.05) is 67.8 Å². The molecule has 0 saturated carbocycles. The molecule has 478 valence electrons. The first kappa shape index (κ1) is 84.0. The fraction of sp³-hybridized carbons (Fsp3) is 0.159. The average Bonchev–Trinajstić information content (AvgIpc) is 1.64. The van der Waals surface area contributed by atoms with Gasteiger partial charge in [-0.25, -0.2) is 38.7 Å². The molecule has 0 spiro atoms. The van der Waals surface area contributed by atoms with Crippen LogP contribution in [0.2, 0.25) is 10.0 Å². The lowest BCUT2D eigenvalue weighted by Gasteiger charge is -2.07. The fourth-order valence-electron chi connectivity index (χ4n) is 6.08. The first-order valence-electron chi connectivity index (χ1n) is 23.4. The molecule has 6 N–H and O–H groups in total. The van der Waals surface area contributed by atoms with Gasteiger partial charge in [0.2, 0.25) is 5.88 Å². The lowest BCUT2D eigenvalue weighted by atomic mass is 10.2. The molecule has 9 rings (SSSR count). The van der Waals surface area contributed by atoms with Crippen LogP contribution in [0.4, 0.5) is 31.7 Å². The van der Waals surface area contributed by atoms with Crippen LogP contribution in [0.1, 0.15) is 105 Å². The summed E-state index contributed by atoms with van der Waals surface area (Å²) < 4.78 is 51.0. The van der Waals surface area contributed by atoms with Crippen molar-refractivity contribution >= 4 is 75.9 Å². The minimum atomic E-state index is -0.529. The second-order valence-electron chi connectivity index (χ2n) is 15.5. The van der Waals surface area contributed by atoms with Crippen LogP contribution < -0.4 is 20.5 Å². The number of carbonyl (C=O) groups is 2. The zero-order chi connectivity index (χ0) is 63.0. The van der Waals surface area contributed by atoms with E-state index in [1.165, 1.54) is 118 Å². The van der Waals surface area contributed by atoms with Gasteiger partial charge in [-0.3, -0.25) is 14.6 Å². The molecule has 29 heteroatoms. The number of anilines is 3. The number of aldehydes is 2. The number of hydrogen-bond donors (Lipinski definition) is 5. The molecule has 7 heterocycles. The van der Waals surface area contributed by atoms with Crippen molar-refractivity contribution in [3.05, 3.63) is 195 Å². The molecule has 0 amide bonds. The van der Waals surface area contributed by atoms with Gasteiger partial charge in [0.1, 0.15) is 53.7 Å². The summed E-state index contributed by atoms with van der Waals surface area (Å²) in [6, 6.07) is 31.3. The summed E-state index contributed by atoms with van der Waals surface area (Å²) >= 11 is 11.4. The molecule has 0 fully saturated rings. The lowest BCUT2D eigenvalue weighted by molar-refractivity contribution is 0.0500. The molecule has 0 saturated heterocycles. The van der Waals surface area contributed by atoms with Gasteiger partial charge in [-0.15, -0.1) is 0 Å². The Bertz CT molecular complexity index is 4140. The number of rotatable bonds is 12. The summed E-state index contributed by atoms with van der Waals surface area (Å²) in [5, 5.41) is 82.8. The smallest absolute Gasteiger partial charge is 0.215 e. The van der Waals surface area contributed by atoms with E-state index >= 15 is 0 Å². The van der Waals surface area contributed by atoms with Crippen molar-refractivity contribution in [2.45, 2.75) is 44.6 Å².